The van der Waals surface area contributed by atoms with Crippen molar-refractivity contribution in [3.8, 4) is 11.5 Å². The van der Waals surface area contributed by atoms with Crippen LogP contribution < -0.4 is 14.8 Å². The number of likely N-dealkylation sites (tertiary alicyclic amines) is 1. The molecular weight excluding hydrogens is 497 g/mol. The van der Waals surface area contributed by atoms with Gasteiger partial charge in [0.2, 0.25) is 0 Å². The first kappa shape index (κ1) is 26.3. The van der Waals surface area contributed by atoms with Gasteiger partial charge in [0.15, 0.2) is 17.5 Å². The van der Waals surface area contributed by atoms with Gasteiger partial charge in [-0.15, -0.1) is 24.0 Å². The minimum Gasteiger partial charge on any atom is -0.490 e. The summed E-state index contributed by atoms with van der Waals surface area (Å²) in [5.41, 5.74) is 1.17. The van der Waals surface area contributed by atoms with Crippen molar-refractivity contribution in [2.24, 2.45) is 10.9 Å². The molecule has 7 nitrogen and oxygen atoms in total. The third-order valence-electron chi connectivity index (χ3n) is 4.93. The van der Waals surface area contributed by atoms with Crippen molar-refractivity contribution in [3.63, 3.8) is 0 Å². The number of piperidine rings is 1. The quantitative estimate of drug-likeness (QED) is 0.227. The van der Waals surface area contributed by atoms with Crippen LogP contribution in [0.4, 0.5) is 0 Å². The van der Waals surface area contributed by atoms with Gasteiger partial charge in [-0.2, -0.15) is 0 Å². The largest absolute Gasteiger partial charge is 0.490 e. The lowest BCUT2D eigenvalue weighted by molar-refractivity contribution is -0.146. The number of ether oxygens (including phenoxy) is 3. The maximum atomic E-state index is 11.7. The van der Waals surface area contributed by atoms with Crippen molar-refractivity contribution in [3.05, 3.63) is 23.8 Å². The number of hydrogen-bond donors (Lipinski definition) is 1. The normalized spacial score (nSPS) is 14.7. The monoisotopic (exact) mass is 533 g/mol. The molecule has 0 saturated carbocycles. The number of hydrogen-bond acceptors (Lipinski definition) is 5. The second kappa shape index (κ2) is 14.3. The highest BCUT2D eigenvalue weighted by Crippen LogP contribution is 2.28. The summed E-state index contributed by atoms with van der Waals surface area (Å²) < 4.78 is 16.2. The molecule has 0 atom stereocenters. The molecule has 8 heteroatoms. The van der Waals surface area contributed by atoms with Gasteiger partial charge < -0.3 is 24.4 Å². The summed E-state index contributed by atoms with van der Waals surface area (Å²) in [6, 6.07) is 6.08. The zero-order valence-electron chi connectivity index (χ0n) is 18.6. The minimum absolute atomic E-state index is 0. The molecule has 170 valence electrons. The van der Waals surface area contributed by atoms with E-state index >= 15 is 0 Å². The van der Waals surface area contributed by atoms with E-state index in [1.807, 2.05) is 26.0 Å². The van der Waals surface area contributed by atoms with E-state index in [0.717, 1.165) is 56.4 Å². The number of carbonyl (C=O) groups excluding carboxylic acids is 1. The van der Waals surface area contributed by atoms with Crippen LogP contribution in [-0.2, 0) is 16.0 Å². The van der Waals surface area contributed by atoms with Gasteiger partial charge in [-0.05, 0) is 57.7 Å². The van der Waals surface area contributed by atoms with Crippen molar-refractivity contribution in [1.82, 2.24) is 10.2 Å². The van der Waals surface area contributed by atoms with Gasteiger partial charge in [-0.1, -0.05) is 6.07 Å². The first-order valence-corrected chi connectivity index (χ1v) is 10.6. The molecule has 2 rings (SSSR count). The van der Waals surface area contributed by atoms with Crippen molar-refractivity contribution in [1.29, 1.82) is 0 Å². The van der Waals surface area contributed by atoms with E-state index in [2.05, 4.69) is 23.2 Å². The Morgan fingerprint density at radius 2 is 1.80 bits per heavy atom. The molecule has 1 fully saturated rings. The number of halogens is 1. The first-order chi connectivity index (χ1) is 14.1. The van der Waals surface area contributed by atoms with E-state index in [9.17, 15) is 4.79 Å². The Morgan fingerprint density at radius 3 is 2.40 bits per heavy atom. The molecule has 0 amide bonds. The summed E-state index contributed by atoms with van der Waals surface area (Å²) in [4.78, 5) is 18.8. The SMILES string of the molecule is CCNC(=NCCc1ccc(OCC)c(OCC)c1)N1CCC(C(=O)OC)CC1.I. The van der Waals surface area contributed by atoms with Crippen LogP contribution in [0.1, 0.15) is 39.2 Å². The smallest absolute Gasteiger partial charge is 0.308 e. The Kier molecular flexibility index (Phi) is 12.6. The predicted molar refractivity (Wildman–Crippen MR) is 130 cm³/mol. The van der Waals surface area contributed by atoms with Crippen LogP contribution in [0.15, 0.2) is 23.2 Å². The summed E-state index contributed by atoms with van der Waals surface area (Å²) in [6.45, 7) is 10.3. The number of benzene rings is 1. The molecule has 1 aromatic rings. The number of nitrogens with one attached hydrogen (secondary N) is 1. The van der Waals surface area contributed by atoms with Crippen molar-refractivity contribution in [2.75, 3.05) is 46.5 Å². The second-order valence-electron chi connectivity index (χ2n) is 6.92. The van der Waals surface area contributed by atoms with Crippen LogP contribution in [0.3, 0.4) is 0 Å². The first-order valence-electron chi connectivity index (χ1n) is 10.6. The maximum absolute atomic E-state index is 11.7. The number of guanidine groups is 1. The number of aliphatic imine (C=N–C) groups is 1. The average molecular weight is 533 g/mol. The Morgan fingerprint density at radius 1 is 1.13 bits per heavy atom. The van der Waals surface area contributed by atoms with Gasteiger partial charge in [-0.25, -0.2) is 0 Å². The number of methoxy groups -OCH3 is 1. The van der Waals surface area contributed by atoms with Crippen molar-refractivity contribution >= 4 is 35.9 Å². The topological polar surface area (TPSA) is 72.4 Å². The Labute approximate surface area is 197 Å². The van der Waals surface area contributed by atoms with E-state index in [1.165, 1.54) is 12.7 Å². The Hall–Kier alpha value is -1.71. The maximum Gasteiger partial charge on any atom is 0.308 e. The van der Waals surface area contributed by atoms with Gasteiger partial charge in [0.05, 0.1) is 26.2 Å². The highest BCUT2D eigenvalue weighted by atomic mass is 127. The van der Waals surface area contributed by atoms with E-state index in [-0.39, 0.29) is 35.9 Å². The van der Waals surface area contributed by atoms with E-state index in [4.69, 9.17) is 19.2 Å². The molecule has 1 N–H and O–H groups in total. The van der Waals surface area contributed by atoms with Crippen LogP contribution >= 0.6 is 24.0 Å². The highest BCUT2D eigenvalue weighted by molar-refractivity contribution is 14.0. The molecule has 0 unspecified atom stereocenters. The van der Waals surface area contributed by atoms with Crippen molar-refractivity contribution in [2.45, 2.75) is 40.0 Å². The molecule has 0 bridgehead atoms. The lowest BCUT2D eigenvalue weighted by atomic mass is 9.97. The fourth-order valence-corrected chi connectivity index (χ4v) is 3.46. The van der Waals surface area contributed by atoms with Crippen LogP contribution in [0.2, 0.25) is 0 Å². The lowest BCUT2D eigenvalue weighted by Gasteiger charge is -2.33. The molecule has 0 radical (unpaired) electrons. The summed E-state index contributed by atoms with van der Waals surface area (Å²) in [6.07, 6.45) is 2.42. The van der Waals surface area contributed by atoms with Gasteiger partial charge in [0.25, 0.3) is 0 Å². The third-order valence-corrected chi connectivity index (χ3v) is 4.93. The zero-order chi connectivity index (χ0) is 21.1. The van der Waals surface area contributed by atoms with Crippen molar-refractivity contribution < 1.29 is 19.0 Å². The summed E-state index contributed by atoms with van der Waals surface area (Å²) in [5.74, 6) is 2.37. The predicted octanol–water partition coefficient (Wildman–Crippen LogP) is 3.50. The summed E-state index contributed by atoms with van der Waals surface area (Å²) in [5, 5.41) is 3.37. The minimum atomic E-state index is -0.104. The third kappa shape index (κ3) is 7.85. The molecule has 1 heterocycles. The molecule has 0 aliphatic carbocycles. The molecule has 1 aromatic carbocycles. The zero-order valence-corrected chi connectivity index (χ0v) is 20.9. The second-order valence-corrected chi connectivity index (χ2v) is 6.92. The number of esters is 1. The average Bonchev–Trinajstić information content (AvgIpc) is 2.75. The fraction of sp³-hybridized carbons (Fsp3) is 0.636. The fourth-order valence-electron chi connectivity index (χ4n) is 3.46. The van der Waals surface area contributed by atoms with Gasteiger partial charge in [-0.3, -0.25) is 9.79 Å². The molecule has 0 aromatic heterocycles. The van der Waals surface area contributed by atoms with E-state index in [1.54, 1.807) is 0 Å². The Balaban J connectivity index is 0.00000450. The van der Waals surface area contributed by atoms with Crippen LogP contribution in [-0.4, -0.2) is 63.3 Å². The highest BCUT2D eigenvalue weighted by Gasteiger charge is 2.26. The Bertz CT molecular complexity index is 676. The molecule has 1 aliphatic heterocycles. The molecule has 1 saturated heterocycles. The summed E-state index contributed by atoms with van der Waals surface area (Å²) >= 11 is 0. The van der Waals surface area contributed by atoms with Gasteiger partial charge in [0.1, 0.15) is 0 Å². The molecule has 30 heavy (non-hydrogen) atoms. The molecule has 0 spiro atoms. The number of nitrogens with zero attached hydrogens (tertiary/aromatic N) is 2. The number of carbonyl (C=O) groups is 1. The lowest BCUT2D eigenvalue weighted by Crippen LogP contribution is -2.46. The van der Waals surface area contributed by atoms with Crippen LogP contribution in [0, 0.1) is 5.92 Å². The van der Waals surface area contributed by atoms with Gasteiger partial charge in [0, 0.05) is 26.2 Å². The van der Waals surface area contributed by atoms with Crippen LogP contribution in [0.5, 0.6) is 11.5 Å². The van der Waals surface area contributed by atoms with Gasteiger partial charge >= 0.3 is 5.97 Å². The molecule has 1 aliphatic rings. The molecular formula is C22H36IN3O4. The van der Waals surface area contributed by atoms with E-state index in [0.29, 0.717) is 19.8 Å². The number of rotatable bonds is 9. The van der Waals surface area contributed by atoms with E-state index < -0.39 is 0 Å². The standard InChI is InChI=1S/C22H35N3O4.HI/c1-5-23-22(25-14-11-18(12-15-25)21(26)27-4)24-13-10-17-8-9-19(28-6-2)20(16-17)29-7-3;/h8-9,16,18H,5-7,10-15H2,1-4H3,(H,23,24);1H. The van der Waals surface area contributed by atoms with Crippen LogP contribution in [0.25, 0.3) is 0 Å². The summed E-state index contributed by atoms with van der Waals surface area (Å²) in [7, 11) is 1.46.